The summed E-state index contributed by atoms with van der Waals surface area (Å²) in [6, 6.07) is 4.72. The van der Waals surface area contributed by atoms with Crippen molar-refractivity contribution in [1.82, 2.24) is 9.97 Å². The number of nitrogens with zero attached hydrogens (tertiary/aromatic N) is 2. The van der Waals surface area contributed by atoms with Crippen LogP contribution in [0.1, 0.15) is 85.0 Å². The molecule has 0 spiro atoms. The number of benzene rings is 1. The number of ether oxygens (including phenoxy) is 1. The molecule has 8 atom stereocenters. The Kier molecular flexibility index (Phi) is 6.13. The summed E-state index contributed by atoms with van der Waals surface area (Å²) in [5.41, 5.74) is 0.0266. The summed E-state index contributed by atoms with van der Waals surface area (Å²) >= 11 is 0. The number of para-hydroxylation sites is 1. The van der Waals surface area contributed by atoms with Crippen LogP contribution in [0.5, 0.6) is 5.88 Å². The van der Waals surface area contributed by atoms with Gasteiger partial charge in [0.05, 0.1) is 11.0 Å². The summed E-state index contributed by atoms with van der Waals surface area (Å²) < 4.78 is 20.1. The van der Waals surface area contributed by atoms with Gasteiger partial charge in [-0.2, -0.15) is 0 Å². The van der Waals surface area contributed by atoms with Crippen LogP contribution < -0.4 is 4.74 Å². The highest BCUT2D eigenvalue weighted by Gasteiger charge is 2.60. The van der Waals surface area contributed by atoms with Crippen molar-refractivity contribution in [3.05, 3.63) is 30.3 Å². The lowest BCUT2D eigenvalue weighted by Crippen LogP contribution is -2.58. The Morgan fingerprint density at radius 3 is 2.68 bits per heavy atom. The van der Waals surface area contributed by atoms with Crippen molar-refractivity contribution < 1.29 is 19.0 Å². The SMILES string of the molecule is C[C@@]1(O)CC[C@@]2(C)[C@@H](CC[C@@H]3[C@@H]2CC[C@]2(C)[C@@H](C(=O)COc4ncnc5c(F)cccc45)CCC[C@@H]32)C1. The van der Waals surface area contributed by atoms with E-state index in [0.29, 0.717) is 34.5 Å². The molecule has 0 radical (unpaired) electrons. The quantitative estimate of drug-likeness (QED) is 0.509. The van der Waals surface area contributed by atoms with Gasteiger partial charge >= 0.3 is 0 Å². The predicted molar refractivity (Wildman–Crippen MR) is 140 cm³/mol. The third-order valence-electron chi connectivity index (χ3n) is 11.5. The van der Waals surface area contributed by atoms with Crippen molar-refractivity contribution in [1.29, 1.82) is 0 Å². The van der Waals surface area contributed by atoms with Crippen LogP contribution in [-0.4, -0.2) is 33.1 Å². The normalized spacial score (nSPS) is 41.4. The highest BCUT2D eigenvalue weighted by atomic mass is 19.1. The molecule has 4 aliphatic carbocycles. The zero-order valence-electron chi connectivity index (χ0n) is 22.5. The van der Waals surface area contributed by atoms with E-state index >= 15 is 0 Å². The van der Waals surface area contributed by atoms with E-state index in [4.69, 9.17) is 4.74 Å². The van der Waals surface area contributed by atoms with Crippen LogP contribution in [0.15, 0.2) is 24.5 Å². The average Bonchev–Trinajstić information content (AvgIpc) is 2.87. The topological polar surface area (TPSA) is 72.3 Å². The van der Waals surface area contributed by atoms with Crippen LogP contribution >= 0.6 is 0 Å². The van der Waals surface area contributed by atoms with Crippen LogP contribution in [0.2, 0.25) is 0 Å². The van der Waals surface area contributed by atoms with Gasteiger partial charge in [0.2, 0.25) is 5.88 Å². The lowest BCUT2D eigenvalue weighted by atomic mass is 9.41. The molecule has 1 heterocycles. The van der Waals surface area contributed by atoms with Crippen LogP contribution in [-0.2, 0) is 4.79 Å². The van der Waals surface area contributed by atoms with Gasteiger partial charge < -0.3 is 9.84 Å². The second-order valence-corrected chi connectivity index (χ2v) is 13.5. The van der Waals surface area contributed by atoms with E-state index in [1.54, 1.807) is 12.1 Å². The summed E-state index contributed by atoms with van der Waals surface area (Å²) in [7, 11) is 0. The fraction of sp³-hybridized carbons (Fsp3) is 0.710. The number of fused-ring (bicyclic) bond motifs is 6. The largest absolute Gasteiger partial charge is 0.469 e. The van der Waals surface area contributed by atoms with Gasteiger partial charge in [-0.05, 0) is 111 Å². The number of aliphatic hydroxyl groups is 1. The van der Waals surface area contributed by atoms with Gasteiger partial charge in [-0.15, -0.1) is 0 Å². The van der Waals surface area contributed by atoms with Gasteiger partial charge in [0.25, 0.3) is 0 Å². The molecule has 0 unspecified atom stereocenters. The summed E-state index contributed by atoms with van der Waals surface area (Å²) in [6.07, 6.45) is 12.2. The van der Waals surface area contributed by atoms with Gasteiger partial charge in [0.1, 0.15) is 24.3 Å². The number of hydrogen-bond acceptors (Lipinski definition) is 5. The summed E-state index contributed by atoms with van der Waals surface area (Å²) in [4.78, 5) is 21.9. The van der Waals surface area contributed by atoms with E-state index in [-0.39, 0.29) is 35.1 Å². The van der Waals surface area contributed by atoms with Crippen LogP contribution in [0.3, 0.4) is 0 Å². The van der Waals surface area contributed by atoms with Crippen molar-refractivity contribution in [2.45, 2.75) is 90.6 Å². The number of rotatable bonds is 4. The molecular formula is C31H41FN2O3. The Labute approximate surface area is 219 Å². The molecular weight excluding hydrogens is 467 g/mol. The molecule has 0 aliphatic heterocycles. The number of aromatic nitrogens is 2. The van der Waals surface area contributed by atoms with E-state index < -0.39 is 11.4 Å². The molecule has 200 valence electrons. The molecule has 0 amide bonds. The molecule has 4 aliphatic rings. The molecule has 1 N–H and O–H groups in total. The fourth-order valence-corrected chi connectivity index (χ4v) is 9.54. The summed E-state index contributed by atoms with van der Waals surface area (Å²) in [5, 5.41) is 11.3. The Balaban J connectivity index is 1.19. The number of halogens is 1. The van der Waals surface area contributed by atoms with E-state index in [1.165, 1.54) is 38.1 Å². The first kappa shape index (κ1) is 25.2. The number of carbonyl (C=O) groups is 1. The minimum Gasteiger partial charge on any atom is -0.469 e. The zero-order valence-corrected chi connectivity index (χ0v) is 22.5. The molecule has 2 aromatic rings. The molecule has 4 fully saturated rings. The van der Waals surface area contributed by atoms with E-state index in [1.807, 2.05) is 6.92 Å². The first-order valence-electron chi connectivity index (χ1n) is 14.4. The van der Waals surface area contributed by atoms with Gasteiger partial charge in [0.15, 0.2) is 5.78 Å². The number of ketones is 1. The lowest BCUT2D eigenvalue weighted by molar-refractivity contribution is -0.169. The van der Waals surface area contributed by atoms with Crippen LogP contribution in [0.4, 0.5) is 4.39 Å². The molecule has 1 aromatic carbocycles. The Hall–Kier alpha value is -2.08. The molecule has 4 saturated carbocycles. The van der Waals surface area contributed by atoms with E-state index in [2.05, 4.69) is 23.8 Å². The summed E-state index contributed by atoms with van der Waals surface area (Å²) in [6.45, 7) is 6.89. The number of carbonyl (C=O) groups excluding carboxylic acids is 1. The Morgan fingerprint density at radius 1 is 1.03 bits per heavy atom. The van der Waals surface area contributed by atoms with Crippen molar-refractivity contribution in [2.24, 2.45) is 40.4 Å². The molecule has 0 bridgehead atoms. The smallest absolute Gasteiger partial charge is 0.224 e. The Morgan fingerprint density at radius 2 is 1.84 bits per heavy atom. The van der Waals surface area contributed by atoms with Crippen molar-refractivity contribution >= 4 is 16.7 Å². The highest BCUT2D eigenvalue weighted by Crippen LogP contribution is 2.67. The standard InChI is InChI=1S/C31H41FN2O3/c1-29(36)14-15-30(2)19(16-29)10-11-20-22-7-5-8-24(31(22,3)13-12-23(20)30)26(35)17-37-28-21-6-4-9-25(32)27(21)33-18-34-28/h4,6,9,18-20,22-24,36H,5,7-8,10-17H2,1-3H3/t19-,20-,22-,23-,24+,29+,30-,31-/m0/s1. The second-order valence-electron chi connectivity index (χ2n) is 13.5. The molecule has 5 nitrogen and oxygen atoms in total. The molecule has 1 aromatic heterocycles. The maximum absolute atomic E-state index is 14.2. The third kappa shape index (κ3) is 4.09. The zero-order chi connectivity index (χ0) is 26.0. The first-order chi connectivity index (χ1) is 17.6. The predicted octanol–water partition coefficient (Wildman–Crippen LogP) is 6.52. The van der Waals surface area contributed by atoms with Gasteiger partial charge in [0, 0.05) is 5.92 Å². The van der Waals surface area contributed by atoms with E-state index in [0.717, 1.165) is 38.5 Å². The van der Waals surface area contributed by atoms with Crippen molar-refractivity contribution in [2.75, 3.05) is 6.61 Å². The number of Topliss-reactive ketones (excluding diaryl/α,β-unsaturated/α-hetero) is 1. The van der Waals surface area contributed by atoms with Gasteiger partial charge in [-0.1, -0.05) is 26.3 Å². The fourth-order valence-electron chi connectivity index (χ4n) is 9.54. The first-order valence-corrected chi connectivity index (χ1v) is 14.4. The molecule has 37 heavy (non-hydrogen) atoms. The molecule has 6 heteroatoms. The minimum absolute atomic E-state index is 0.00304. The minimum atomic E-state index is -0.511. The third-order valence-corrected chi connectivity index (χ3v) is 11.5. The number of hydrogen-bond donors (Lipinski definition) is 1. The van der Waals surface area contributed by atoms with Crippen LogP contribution in [0.25, 0.3) is 10.9 Å². The molecule has 6 rings (SSSR count). The van der Waals surface area contributed by atoms with Crippen molar-refractivity contribution in [3.63, 3.8) is 0 Å². The summed E-state index contributed by atoms with van der Waals surface area (Å²) in [5.74, 6) is 2.57. The second kappa shape index (κ2) is 9.00. The average molecular weight is 509 g/mol. The lowest BCUT2D eigenvalue weighted by Gasteiger charge is -2.64. The maximum atomic E-state index is 14.2. The highest BCUT2D eigenvalue weighted by molar-refractivity contribution is 5.86. The van der Waals surface area contributed by atoms with Crippen LogP contribution in [0, 0.1) is 46.2 Å². The maximum Gasteiger partial charge on any atom is 0.224 e. The van der Waals surface area contributed by atoms with E-state index in [9.17, 15) is 14.3 Å². The molecule has 0 saturated heterocycles. The monoisotopic (exact) mass is 508 g/mol. The van der Waals surface area contributed by atoms with Gasteiger partial charge in [-0.25, -0.2) is 14.4 Å². The van der Waals surface area contributed by atoms with Gasteiger partial charge in [-0.3, -0.25) is 4.79 Å². The Bertz CT molecular complexity index is 1200. The van der Waals surface area contributed by atoms with Crippen molar-refractivity contribution in [3.8, 4) is 5.88 Å².